The number of nitrogens with zero attached hydrogens (tertiary/aromatic N) is 2. The maximum atomic E-state index is 14.6. The molecule has 1 aromatic heterocycles. The normalized spacial score (nSPS) is 18.3. The van der Waals surface area contributed by atoms with Gasteiger partial charge in [0.05, 0.1) is 24.5 Å². The van der Waals surface area contributed by atoms with E-state index in [1.807, 2.05) is 11.8 Å². The Hall–Kier alpha value is -1.68. The van der Waals surface area contributed by atoms with Crippen LogP contribution in [0.15, 0.2) is 16.9 Å². The van der Waals surface area contributed by atoms with E-state index in [1.165, 1.54) is 6.07 Å². The first-order chi connectivity index (χ1) is 14.2. The number of H-pyrrole nitrogens is 1. The van der Waals surface area contributed by atoms with Gasteiger partial charge < -0.3 is 20.4 Å². The fourth-order valence-electron chi connectivity index (χ4n) is 3.78. The van der Waals surface area contributed by atoms with Gasteiger partial charge in [0.15, 0.2) is 0 Å². The third-order valence-corrected chi connectivity index (χ3v) is 6.80. The zero-order chi connectivity index (χ0) is 20.1. The Bertz CT molecular complexity index is 882. The Morgan fingerprint density at radius 1 is 1.27 bits per heavy atom. The van der Waals surface area contributed by atoms with E-state index in [2.05, 4.69) is 25.5 Å². The average Bonchev–Trinajstić information content (AvgIpc) is 2.73. The molecular formula is C21H32FN5O2S. The van der Waals surface area contributed by atoms with Gasteiger partial charge in [0.1, 0.15) is 17.0 Å². The summed E-state index contributed by atoms with van der Waals surface area (Å²) in [5, 5.41) is 7.21. The van der Waals surface area contributed by atoms with Crippen LogP contribution in [0.5, 0.6) is 0 Å². The summed E-state index contributed by atoms with van der Waals surface area (Å²) in [6, 6.07) is 3.15. The van der Waals surface area contributed by atoms with Crippen LogP contribution in [0.25, 0.3) is 10.9 Å². The Labute approximate surface area is 181 Å². The summed E-state index contributed by atoms with van der Waals surface area (Å²) < 4.78 is 19.9. The van der Waals surface area contributed by atoms with Crippen LogP contribution in [0.3, 0.4) is 0 Å². The molecule has 2 aliphatic rings. The number of ether oxygens (including phenoxy) is 1. The topological polar surface area (TPSA) is 82.3 Å². The molecule has 7 nitrogen and oxygen atoms in total. The van der Waals surface area contributed by atoms with Crippen molar-refractivity contribution >= 4 is 28.4 Å². The predicted molar refractivity (Wildman–Crippen MR) is 122 cm³/mol. The molecule has 3 N–H and O–H groups in total. The van der Waals surface area contributed by atoms with Gasteiger partial charge in [0, 0.05) is 37.1 Å². The highest BCUT2D eigenvalue weighted by Gasteiger charge is 2.16. The third-order valence-electron chi connectivity index (χ3n) is 5.41. The molecule has 0 atom stereocenters. The van der Waals surface area contributed by atoms with E-state index in [1.54, 1.807) is 6.07 Å². The number of hydrogen-bond acceptors (Lipinski definition) is 7. The monoisotopic (exact) mass is 437 g/mol. The zero-order valence-electron chi connectivity index (χ0n) is 16.5. The number of nitrogens with one attached hydrogen (secondary N) is 3. The van der Waals surface area contributed by atoms with Crippen LogP contribution in [-0.4, -0.2) is 72.6 Å². The second-order valence-corrected chi connectivity index (χ2v) is 8.79. The number of rotatable bonds is 7. The van der Waals surface area contributed by atoms with Gasteiger partial charge in [0.25, 0.3) is 5.56 Å². The van der Waals surface area contributed by atoms with Crippen molar-refractivity contribution in [2.75, 3.05) is 57.8 Å². The average molecular weight is 438 g/mol. The summed E-state index contributed by atoms with van der Waals surface area (Å²) in [7, 11) is 0. The van der Waals surface area contributed by atoms with Gasteiger partial charge in [-0.15, -0.1) is 0 Å². The summed E-state index contributed by atoms with van der Waals surface area (Å²) in [6.07, 6.45) is 2.24. The summed E-state index contributed by atoms with van der Waals surface area (Å²) in [5.41, 5.74) is 0.648. The smallest absolute Gasteiger partial charge is 0.261 e. The standard InChI is InChI=1S/C20H28FN5O2S.CH4/c21-16-11-14(23-5-6-26-7-9-28-10-8-26)12-17-19(16)20(27)25-18(24-17)13-29-15-1-3-22-4-2-15;/h11-12,15,22-23H,1-10,13H2,(H,24,25,27);1H4. The summed E-state index contributed by atoms with van der Waals surface area (Å²) >= 11 is 1.81. The number of fused-ring (bicyclic) bond motifs is 1. The molecule has 0 spiro atoms. The molecule has 4 rings (SSSR count). The van der Waals surface area contributed by atoms with Crippen LogP contribution in [0, 0.1) is 5.82 Å². The van der Waals surface area contributed by atoms with Crippen LogP contribution in [0.1, 0.15) is 26.1 Å². The highest BCUT2D eigenvalue weighted by atomic mass is 32.2. The molecule has 3 heterocycles. The van der Waals surface area contributed by atoms with Gasteiger partial charge in [0.2, 0.25) is 0 Å². The Morgan fingerprint density at radius 2 is 2.03 bits per heavy atom. The SMILES string of the molecule is C.O=c1[nH]c(CSC2CCNCC2)nc2cc(NCCN3CCOCC3)cc(F)c12. The molecule has 166 valence electrons. The molecule has 0 bridgehead atoms. The molecule has 30 heavy (non-hydrogen) atoms. The number of piperidine rings is 1. The van der Waals surface area contributed by atoms with Crippen molar-refractivity contribution in [3.63, 3.8) is 0 Å². The molecule has 2 fully saturated rings. The van der Waals surface area contributed by atoms with Gasteiger partial charge in [-0.25, -0.2) is 9.37 Å². The van der Waals surface area contributed by atoms with E-state index in [0.717, 1.165) is 58.8 Å². The van der Waals surface area contributed by atoms with E-state index in [0.29, 0.717) is 34.6 Å². The summed E-state index contributed by atoms with van der Waals surface area (Å²) in [6.45, 7) is 6.99. The van der Waals surface area contributed by atoms with Gasteiger partial charge in [-0.1, -0.05) is 7.43 Å². The Balaban J connectivity index is 0.00000256. The quantitative estimate of drug-likeness (QED) is 0.614. The largest absolute Gasteiger partial charge is 0.384 e. The van der Waals surface area contributed by atoms with Crippen LogP contribution in [0.4, 0.5) is 10.1 Å². The van der Waals surface area contributed by atoms with Crippen molar-refractivity contribution in [3.05, 3.63) is 34.1 Å². The number of aromatic nitrogens is 2. The van der Waals surface area contributed by atoms with Crippen molar-refractivity contribution in [2.24, 2.45) is 0 Å². The van der Waals surface area contributed by atoms with Gasteiger partial charge >= 0.3 is 0 Å². The molecule has 0 unspecified atom stereocenters. The van der Waals surface area contributed by atoms with Crippen LogP contribution in [-0.2, 0) is 10.5 Å². The van der Waals surface area contributed by atoms with E-state index < -0.39 is 11.4 Å². The van der Waals surface area contributed by atoms with E-state index in [4.69, 9.17) is 4.74 Å². The highest BCUT2D eigenvalue weighted by molar-refractivity contribution is 7.99. The number of morpholine rings is 1. The highest BCUT2D eigenvalue weighted by Crippen LogP contribution is 2.24. The summed E-state index contributed by atoms with van der Waals surface area (Å²) in [4.78, 5) is 22.0. The van der Waals surface area contributed by atoms with Gasteiger partial charge in [-0.3, -0.25) is 9.69 Å². The number of hydrogen-bond donors (Lipinski definition) is 3. The molecule has 0 aliphatic carbocycles. The molecule has 0 amide bonds. The molecule has 2 aliphatic heterocycles. The lowest BCUT2D eigenvalue weighted by Gasteiger charge is -2.26. The number of thioether (sulfide) groups is 1. The summed E-state index contributed by atoms with van der Waals surface area (Å²) in [5.74, 6) is 0.699. The van der Waals surface area contributed by atoms with Crippen molar-refractivity contribution < 1.29 is 9.13 Å². The number of benzene rings is 1. The zero-order valence-corrected chi connectivity index (χ0v) is 17.3. The molecule has 1 aromatic carbocycles. The van der Waals surface area contributed by atoms with Crippen molar-refractivity contribution in [2.45, 2.75) is 31.3 Å². The Morgan fingerprint density at radius 3 is 2.80 bits per heavy atom. The molecule has 2 aromatic rings. The van der Waals surface area contributed by atoms with Crippen molar-refractivity contribution in [3.8, 4) is 0 Å². The minimum Gasteiger partial charge on any atom is -0.384 e. The van der Waals surface area contributed by atoms with Crippen molar-refractivity contribution in [1.82, 2.24) is 20.2 Å². The van der Waals surface area contributed by atoms with E-state index in [-0.39, 0.29) is 12.8 Å². The molecular weight excluding hydrogens is 405 g/mol. The number of halogens is 1. The maximum absolute atomic E-state index is 14.6. The second kappa shape index (κ2) is 11.1. The predicted octanol–water partition coefficient (Wildman–Crippen LogP) is 2.43. The van der Waals surface area contributed by atoms with Crippen molar-refractivity contribution in [1.29, 1.82) is 0 Å². The first-order valence-corrected chi connectivity index (χ1v) is 11.3. The molecule has 2 saturated heterocycles. The third kappa shape index (κ3) is 5.94. The fourth-order valence-corrected chi connectivity index (χ4v) is 4.88. The number of anilines is 1. The van der Waals surface area contributed by atoms with Gasteiger partial charge in [-0.2, -0.15) is 11.8 Å². The molecule has 0 radical (unpaired) electrons. The minimum absolute atomic E-state index is 0. The first kappa shape index (κ1) is 23.0. The fraction of sp³-hybridized carbons (Fsp3) is 0.619. The van der Waals surface area contributed by atoms with Gasteiger partial charge in [-0.05, 0) is 38.1 Å². The van der Waals surface area contributed by atoms with Crippen LogP contribution >= 0.6 is 11.8 Å². The minimum atomic E-state index is -0.539. The lowest BCUT2D eigenvalue weighted by atomic mass is 10.2. The first-order valence-electron chi connectivity index (χ1n) is 10.3. The Kier molecular flexibility index (Phi) is 8.50. The lowest BCUT2D eigenvalue weighted by Crippen LogP contribution is -2.39. The van der Waals surface area contributed by atoms with E-state index >= 15 is 0 Å². The molecule has 0 saturated carbocycles. The maximum Gasteiger partial charge on any atom is 0.261 e. The number of aromatic amines is 1. The lowest BCUT2D eigenvalue weighted by molar-refractivity contribution is 0.0398. The molecule has 9 heteroatoms. The van der Waals surface area contributed by atoms with Crippen LogP contribution < -0.4 is 16.2 Å². The van der Waals surface area contributed by atoms with Crippen LogP contribution in [0.2, 0.25) is 0 Å². The second-order valence-electron chi connectivity index (χ2n) is 7.51. The van der Waals surface area contributed by atoms with E-state index in [9.17, 15) is 9.18 Å².